The molecule has 0 radical (unpaired) electrons. The molecule has 0 aliphatic carbocycles. The summed E-state index contributed by atoms with van der Waals surface area (Å²) in [5.74, 6) is 2.59. The van der Waals surface area contributed by atoms with Crippen LogP contribution in [0.2, 0.25) is 0 Å². The molecule has 0 saturated carbocycles. The van der Waals surface area contributed by atoms with Gasteiger partial charge in [-0.3, -0.25) is 0 Å². The van der Waals surface area contributed by atoms with Crippen molar-refractivity contribution in [1.82, 2.24) is 4.90 Å². The van der Waals surface area contributed by atoms with Gasteiger partial charge in [0.15, 0.2) is 0 Å². The van der Waals surface area contributed by atoms with E-state index < -0.39 is 6.10 Å². The second-order valence-electron chi connectivity index (χ2n) is 6.27. The van der Waals surface area contributed by atoms with Gasteiger partial charge < -0.3 is 23.9 Å². The van der Waals surface area contributed by atoms with Crippen molar-refractivity contribution >= 4 is 22.7 Å². The van der Waals surface area contributed by atoms with E-state index in [1.54, 1.807) is 11.8 Å². The molecule has 4 rings (SSSR count). The molecule has 2 atom stereocenters. The molecule has 0 amide bonds. The zero-order chi connectivity index (χ0) is 16.7. The number of ether oxygens (including phenoxy) is 2. The van der Waals surface area contributed by atoms with Gasteiger partial charge in [0.25, 0.3) is 0 Å². The number of hydrogen-bond acceptors (Lipinski definition) is 6. The van der Waals surface area contributed by atoms with Gasteiger partial charge in [-0.15, -0.1) is 11.8 Å². The molecule has 1 saturated heterocycles. The predicted octanol–water partition coefficient (Wildman–Crippen LogP) is 3.12. The van der Waals surface area contributed by atoms with Crippen molar-refractivity contribution in [2.24, 2.45) is 0 Å². The first kappa shape index (κ1) is 15.9. The topological polar surface area (TPSA) is 55.1 Å². The number of aryl methyl sites for hydroxylation is 1. The van der Waals surface area contributed by atoms with E-state index in [4.69, 9.17) is 13.9 Å². The Morgan fingerprint density at radius 2 is 2.17 bits per heavy atom. The van der Waals surface area contributed by atoms with E-state index in [1.165, 1.54) is 10.6 Å². The Hall–Kier alpha value is -1.63. The molecule has 0 spiro atoms. The van der Waals surface area contributed by atoms with Crippen LogP contribution in [0.3, 0.4) is 0 Å². The van der Waals surface area contributed by atoms with Crippen molar-refractivity contribution in [3.8, 4) is 5.75 Å². The van der Waals surface area contributed by atoms with E-state index in [2.05, 4.69) is 11.8 Å². The van der Waals surface area contributed by atoms with Crippen LogP contribution in [-0.4, -0.2) is 47.8 Å². The summed E-state index contributed by atoms with van der Waals surface area (Å²) in [6.07, 6.45) is -0.410. The number of fused-ring (bicyclic) bond motifs is 1. The van der Waals surface area contributed by atoms with E-state index in [9.17, 15) is 5.11 Å². The van der Waals surface area contributed by atoms with Crippen LogP contribution in [-0.2, 0) is 4.74 Å². The standard InChI is InChI=1S/C18H21NO4S/c1-11-5-13-6-14(3-4-17(13)23-11)22-9-18-12(2)19(10-24-18)15-7-21-8-16(15)20/h3-6,15-16,20H,7-10H2,1-2H3. The average molecular weight is 347 g/mol. The van der Waals surface area contributed by atoms with Crippen LogP contribution >= 0.6 is 11.8 Å². The van der Waals surface area contributed by atoms with E-state index in [-0.39, 0.29) is 6.04 Å². The van der Waals surface area contributed by atoms with Gasteiger partial charge in [0, 0.05) is 16.0 Å². The molecular weight excluding hydrogens is 326 g/mol. The zero-order valence-corrected chi connectivity index (χ0v) is 14.6. The number of thioether (sulfide) groups is 1. The van der Waals surface area contributed by atoms with Gasteiger partial charge in [-0.05, 0) is 38.1 Å². The summed E-state index contributed by atoms with van der Waals surface area (Å²) in [6.45, 7) is 5.59. The van der Waals surface area contributed by atoms with Gasteiger partial charge >= 0.3 is 0 Å². The Kier molecular flexibility index (Phi) is 4.20. The molecule has 1 N–H and O–H groups in total. The number of allylic oxidation sites excluding steroid dienone is 1. The summed E-state index contributed by atoms with van der Waals surface area (Å²) < 4.78 is 16.9. The minimum Gasteiger partial charge on any atom is -0.488 e. The number of hydrogen-bond donors (Lipinski definition) is 1. The van der Waals surface area contributed by atoms with Gasteiger partial charge in [-0.25, -0.2) is 0 Å². The molecule has 24 heavy (non-hydrogen) atoms. The molecule has 2 aliphatic heterocycles. The lowest BCUT2D eigenvalue weighted by Gasteiger charge is -2.27. The fourth-order valence-corrected chi connectivity index (χ4v) is 4.37. The highest BCUT2D eigenvalue weighted by molar-refractivity contribution is 8.03. The van der Waals surface area contributed by atoms with Gasteiger partial charge in [0.05, 0.1) is 31.2 Å². The van der Waals surface area contributed by atoms with E-state index in [0.29, 0.717) is 19.8 Å². The van der Waals surface area contributed by atoms with E-state index >= 15 is 0 Å². The molecule has 1 aromatic carbocycles. The molecule has 2 unspecified atom stereocenters. The Morgan fingerprint density at radius 1 is 1.29 bits per heavy atom. The lowest BCUT2D eigenvalue weighted by Crippen LogP contribution is -2.40. The largest absolute Gasteiger partial charge is 0.488 e. The second kappa shape index (κ2) is 6.35. The van der Waals surface area contributed by atoms with Crippen LogP contribution in [0.1, 0.15) is 12.7 Å². The SMILES string of the molecule is CC1=C(COc2ccc3oc(C)cc3c2)SCN1C1COCC1O. The summed E-state index contributed by atoms with van der Waals surface area (Å²) in [5.41, 5.74) is 2.06. The third-order valence-electron chi connectivity index (χ3n) is 4.61. The fraction of sp³-hybridized carbons (Fsp3) is 0.444. The summed E-state index contributed by atoms with van der Waals surface area (Å²) >= 11 is 1.77. The maximum absolute atomic E-state index is 10.0. The highest BCUT2D eigenvalue weighted by Gasteiger charge is 2.35. The second-order valence-corrected chi connectivity index (χ2v) is 7.31. The highest BCUT2D eigenvalue weighted by atomic mass is 32.2. The van der Waals surface area contributed by atoms with Crippen LogP contribution < -0.4 is 4.74 Å². The summed E-state index contributed by atoms with van der Waals surface area (Å²) in [4.78, 5) is 3.43. The molecule has 2 aliphatic rings. The summed E-state index contributed by atoms with van der Waals surface area (Å²) in [5, 5.41) is 11.1. The number of nitrogens with zero attached hydrogens (tertiary/aromatic N) is 1. The molecule has 6 heteroatoms. The van der Waals surface area contributed by atoms with Crippen LogP contribution in [0.5, 0.6) is 5.75 Å². The highest BCUT2D eigenvalue weighted by Crippen LogP contribution is 2.35. The lowest BCUT2D eigenvalue weighted by atomic mass is 10.2. The summed E-state index contributed by atoms with van der Waals surface area (Å²) in [7, 11) is 0. The molecule has 5 nitrogen and oxygen atoms in total. The van der Waals surface area contributed by atoms with E-state index in [0.717, 1.165) is 28.4 Å². The monoisotopic (exact) mass is 347 g/mol. The van der Waals surface area contributed by atoms with Crippen molar-refractivity contribution < 1.29 is 19.0 Å². The van der Waals surface area contributed by atoms with Crippen molar-refractivity contribution in [3.63, 3.8) is 0 Å². The summed E-state index contributed by atoms with van der Waals surface area (Å²) in [6, 6.07) is 7.96. The normalized spacial score (nSPS) is 24.4. The number of furan rings is 1. The first-order valence-electron chi connectivity index (χ1n) is 8.10. The van der Waals surface area contributed by atoms with Gasteiger partial charge in [0.1, 0.15) is 23.7 Å². The Bertz CT molecular complexity index is 784. The first-order valence-corrected chi connectivity index (χ1v) is 9.08. The first-order chi connectivity index (χ1) is 11.6. The average Bonchev–Trinajstić information content (AvgIpc) is 3.23. The Balaban J connectivity index is 1.45. The number of benzene rings is 1. The maximum atomic E-state index is 10.0. The quantitative estimate of drug-likeness (QED) is 0.917. The minimum absolute atomic E-state index is 0.0558. The molecule has 128 valence electrons. The predicted molar refractivity (Wildman–Crippen MR) is 94.1 cm³/mol. The maximum Gasteiger partial charge on any atom is 0.134 e. The van der Waals surface area contributed by atoms with E-state index in [1.807, 2.05) is 31.2 Å². The molecule has 2 aromatic rings. The molecule has 1 fully saturated rings. The minimum atomic E-state index is -0.410. The Morgan fingerprint density at radius 3 is 2.96 bits per heavy atom. The zero-order valence-electron chi connectivity index (χ0n) is 13.8. The van der Waals surface area contributed by atoms with Gasteiger partial charge in [-0.1, -0.05) is 0 Å². The molecule has 1 aromatic heterocycles. The van der Waals surface area contributed by atoms with Crippen molar-refractivity contribution in [2.45, 2.75) is 26.0 Å². The van der Waals surface area contributed by atoms with Gasteiger partial charge in [0.2, 0.25) is 0 Å². The smallest absolute Gasteiger partial charge is 0.134 e. The third kappa shape index (κ3) is 2.90. The van der Waals surface area contributed by atoms with Crippen LogP contribution in [0.25, 0.3) is 11.0 Å². The Labute approximate surface area is 145 Å². The van der Waals surface area contributed by atoms with Crippen molar-refractivity contribution in [3.05, 3.63) is 40.6 Å². The number of aliphatic hydroxyl groups is 1. The fourth-order valence-electron chi connectivity index (χ4n) is 3.22. The third-order valence-corrected chi connectivity index (χ3v) is 5.78. The van der Waals surface area contributed by atoms with Crippen LogP contribution in [0, 0.1) is 6.92 Å². The molecule has 3 heterocycles. The van der Waals surface area contributed by atoms with Crippen molar-refractivity contribution in [1.29, 1.82) is 0 Å². The molecular formula is C18H21NO4S. The lowest BCUT2D eigenvalue weighted by molar-refractivity contribution is 0.106. The van der Waals surface area contributed by atoms with Crippen molar-refractivity contribution in [2.75, 3.05) is 25.7 Å². The number of rotatable bonds is 4. The van der Waals surface area contributed by atoms with Crippen LogP contribution in [0.4, 0.5) is 0 Å². The molecule has 0 bridgehead atoms. The number of aliphatic hydroxyl groups excluding tert-OH is 1. The van der Waals surface area contributed by atoms with Gasteiger partial charge in [-0.2, -0.15) is 0 Å². The van der Waals surface area contributed by atoms with Crippen LogP contribution in [0.15, 0.2) is 39.3 Å².